The van der Waals surface area contributed by atoms with Crippen LogP contribution in [0.1, 0.15) is 24.8 Å². The minimum atomic E-state index is -3.55. The van der Waals surface area contributed by atoms with Crippen molar-refractivity contribution in [3.05, 3.63) is 23.8 Å². The van der Waals surface area contributed by atoms with Gasteiger partial charge in [-0.15, -0.1) is 0 Å². The van der Waals surface area contributed by atoms with E-state index in [1.54, 1.807) is 25.2 Å². The Bertz CT molecular complexity index is 750. The van der Waals surface area contributed by atoms with E-state index in [-0.39, 0.29) is 22.9 Å². The van der Waals surface area contributed by atoms with Crippen LogP contribution in [0.5, 0.6) is 5.75 Å². The van der Waals surface area contributed by atoms with E-state index in [2.05, 4.69) is 14.9 Å². The molecule has 138 valence electrons. The van der Waals surface area contributed by atoms with E-state index in [4.69, 9.17) is 4.74 Å². The second-order valence-corrected chi connectivity index (χ2v) is 8.41. The molecule has 1 amide bonds. The summed E-state index contributed by atoms with van der Waals surface area (Å²) in [7, 11) is 0.0308. The van der Waals surface area contributed by atoms with Gasteiger partial charge < -0.3 is 10.1 Å². The lowest BCUT2D eigenvalue weighted by atomic mass is 10.1. The number of hydrogen-bond acceptors (Lipinski definition) is 5. The van der Waals surface area contributed by atoms with E-state index in [0.717, 1.165) is 30.6 Å². The fourth-order valence-electron chi connectivity index (χ4n) is 3.52. The van der Waals surface area contributed by atoms with Crippen molar-refractivity contribution in [3.8, 4) is 5.75 Å². The lowest BCUT2D eigenvalue weighted by Crippen LogP contribution is -2.42. The third-order valence-corrected chi connectivity index (χ3v) is 6.59. The van der Waals surface area contributed by atoms with Crippen molar-refractivity contribution in [2.24, 2.45) is 0 Å². The fourth-order valence-corrected chi connectivity index (χ4v) is 4.64. The first-order valence-corrected chi connectivity index (χ1v) is 10.1. The van der Waals surface area contributed by atoms with Gasteiger partial charge in [-0.1, -0.05) is 0 Å². The van der Waals surface area contributed by atoms with Gasteiger partial charge in [0.2, 0.25) is 15.9 Å². The predicted octanol–water partition coefficient (Wildman–Crippen LogP) is 0.499. The fraction of sp³-hybridized carbons (Fsp3) is 0.588. The third kappa shape index (κ3) is 3.96. The average Bonchev–Trinajstić information content (AvgIpc) is 3.20. The zero-order chi connectivity index (χ0) is 18.0. The Morgan fingerprint density at radius 1 is 1.32 bits per heavy atom. The molecule has 2 heterocycles. The molecule has 0 bridgehead atoms. The lowest BCUT2D eigenvalue weighted by molar-refractivity contribution is -0.121. The second-order valence-electron chi connectivity index (χ2n) is 6.65. The van der Waals surface area contributed by atoms with Crippen molar-refractivity contribution in [2.45, 2.75) is 42.7 Å². The molecule has 1 aromatic carbocycles. The Morgan fingerprint density at radius 3 is 2.84 bits per heavy atom. The molecule has 1 fully saturated rings. The maximum absolute atomic E-state index is 12.6. The highest BCUT2D eigenvalue weighted by Crippen LogP contribution is 2.28. The normalized spacial score (nSPS) is 23.3. The van der Waals surface area contributed by atoms with Crippen LogP contribution in [0.25, 0.3) is 0 Å². The van der Waals surface area contributed by atoms with Gasteiger partial charge in [0.1, 0.15) is 5.75 Å². The van der Waals surface area contributed by atoms with Gasteiger partial charge in [0, 0.05) is 38.5 Å². The number of benzene rings is 1. The van der Waals surface area contributed by atoms with E-state index in [9.17, 15) is 13.2 Å². The Kier molecular flexibility index (Phi) is 5.31. The minimum absolute atomic E-state index is 0.0124. The third-order valence-electron chi connectivity index (χ3n) is 5.17. The molecule has 0 unspecified atom stereocenters. The van der Waals surface area contributed by atoms with E-state index in [0.29, 0.717) is 19.6 Å². The van der Waals surface area contributed by atoms with Crippen molar-refractivity contribution in [1.29, 1.82) is 0 Å². The number of likely N-dealkylation sites (N-methyl/N-ethyl adjacent to an activating group) is 1. The number of carbonyl (C=O) groups excluding carboxylic acids is 1. The molecule has 2 atom stereocenters. The highest BCUT2D eigenvalue weighted by molar-refractivity contribution is 7.89. The quantitative estimate of drug-likeness (QED) is 0.764. The number of carbonyl (C=O) groups is 1. The summed E-state index contributed by atoms with van der Waals surface area (Å²) in [6.45, 7) is 0.947. The van der Waals surface area contributed by atoms with Crippen molar-refractivity contribution in [1.82, 2.24) is 14.9 Å². The molecule has 3 rings (SSSR count). The molecule has 1 aromatic rings. The van der Waals surface area contributed by atoms with E-state index in [1.807, 2.05) is 7.05 Å². The highest BCUT2D eigenvalue weighted by Gasteiger charge is 2.32. The largest absolute Gasteiger partial charge is 0.493 e. The van der Waals surface area contributed by atoms with E-state index < -0.39 is 10.0 Å². The number of amides is 1. The van der Waals surface area contributed by atoms with E-state index >= 15 is 0 Å². The molecule has 7 nitrogen and oxygen atoms in total. The topological polar surface area (TPSA) is 87.7 Å². The summed E-state index contributed by atoms with van der Waals surface area (Å²) in [6, 6.07) is 5.25. The first-order valence-electron chi connectivity index (χ1n) is 8.58. The molecule has 2 N–H and O–H groups in total. The van der Waals surface area contributed by atoms with E-state index in [1.165, 1.54) is 0 Å². The van der Waals surface area contributed by atoms with Crippen LogP contribution in [0.3, 0.4) is 0 Å². The predicted molar refractivity (Wildman–Crippen MR) is 94.1 cm³/mol. The summed E-state index contributed by atoms with van der Waals surface area (Å²) in [6.07, 6.45) is 2.96. The van der Waals surface area contributed by atoms with Crippen LogP contribution >= 0.6 is 0 Å². The molecule has 2 aliphatic heterocycles. The van der Waals surface area contributed by atoms with Gasteiger partial charge in [-0.3, -0.25) is 9.69 Å². The van der Waals surface area contributed by atoms with Crippen LogP contribution in [0, 0.1) is 0 Å². The number of fused-ring (bicyclic) bond motifs is 1. The highest BCUT2D eigenvalue weighted by atomic mass is 32.2. The number of nitrogens with zero attached hydrogens (tertiary/aromatic N) is 1. The first kappa shape index (κ1) is 18.2. The van der Waals surface area contributed by atoms with Gasteiger partial charge in [-0.2, -0.15) is 0 Å². The van der Waals surface area contributed by atoms with Crippen molar-refractivity contribution in [3.63, 3.8) is 0 Å². The number of sulfonamides is 1. The van der Waals surface area contributed by atoms with Crippen LogP contribution < -0.4 is 14.8 Å². The summed E-state index contributed by atoms with van der Waals surface area (Å²) in [5.74, 6) is 0.782. The molecule has 8 heteroatoms. The lowest BCUT2D eigenvalue weighted by Gasteiger charge is -2.25. The minimum Gasteiger partial charge on any atom is -0.493 e. The Balaban J connectivity index is 1.60. The SMILES string of the molecule is CNC(=O)C[C@H]1CC[C@@H](CNS(=O)(=O)c2ccc3c(c2)CCO3)N1C. The summed E-state index contributed by atoms with van der Waals surface area (Å²) in [5.41, 5.74) is 0.937. The zero-order valence-electron chi connectivity index (χ0n) is 14.6. The molecule has 0 spiro atoms. The summed E-state index contributed by atoms with van der Waals surface area (Å²) in [5, 5.41) is 2.64. The van der Waals surface area contributed by atoms with Gasteiger partial charge >= 0.3 is 0 Å². The van der Waals surface area contributed by atoms with Crippen LogP contribution in [-0.4, -0.2) is 58.6 Å². The van der Waals surface area contributed by atoms with Crippen molar-refractivity contribution in [2.75, 3.05) is 27.2 Å². The number of likely N-dealkylation sites (tertiary alicyclic amines) is 1. The molecule has 0 radical (unpaired) electrons. The standard InChI is InChI=1S/C17H25N3O4S/c1-18-17(21)10-13-3-4-14(20(13)2)11-19-25(22,23)15-5-6-16-12(9-15)7-8-24-16/h5-6,9,13-14,19H,3-4,7-8,10-11H2,1-2H3,(H,18,21)/t13-,14+/m1/s1. The van der Waals surface area contributed by atoms with Crippen LogP contribution in [0.4, 0.5) is 0 Å². The van der Waals surface area contributed by atoms with Gasteiger partial charge in [-0.25, -0.2) is 13.1 Å². The maximum Gasteiger partial charge on any atom is 0.240 e. The maximum atomic E-state index is 12.6. The number of nitrogens with one attached hydrogen (secondary N) is 2. The van der Waals surface area contributed by atoms with Gasteiger partial charge in [0.25, 0.3) is 0 Å². The molecule has 0 aliphatic carbocycles. The van der Waals surface area contributed by atoms with Crippen LogP contribution in [0.2, 0.25) is 0 Å². The Labute approximate surface area is 148 Å². The smallest absolute Gasteiger partial charge is 0.240 e. The molecular formula is C17H25N3O4S. The van der Waals surface area contributed by atoms with Gasteiger partial charge in [0.05, 0.1) is 11.5 Å². The Morgan fingerprint density at radius 2 is 2.08 bits per heavy atom. The number of rotatable bonds is 6. The molecule has 25 heavy (non-hydrogen) atoms. The van der Waals surface area contributed by atoms with Gasteiger partial charge in [-0.05, 0) is 43.7 Å². The molecule has 0 saturated carbocycles. The number of hydrogen-bond donors (Lipinski definition) is 2. The molecule has 2 aliphatic rings. The average molecular weight is 367 g/mol. The zero-order valence-corrected chi connectivity index (χ0v) is 15.4. The van der Waals surface area contributed by atoms with Crippen molar-refractivity contribution >= 4 is 15.9 Å². The Hall–Kier alpha value is -1.64. The van der Waals surface area contributed by atoms with Gasteiger partial charge in [0.15, 0.2) is 0 Å². The molecular weight excluding hydrogens is 342 g/mol. The second kappa shape index (κ2) is 7.31. The van der Waals surface area contributed by atoms with Crippen molar-refractivity contribution < 1.29 is 17.9 Å². The molecule has 0 aromatic heterocycles. The number of ether oxygens (including phenoxy) is 1. The summed E-state index contributed by atoms with van der Waals surface area (Å²) >= 11 is 0. The first-order chi connectivity index (χ1) is 11.9. The van der Waals surface area contributed by atoms with Crippen LogP contribution in [0.15, 0.2) is 23.1 Å². The monoisotopic (exact) mass is 367 g/mol. The van der Waals surface area contributed by atoms with Crippen LogP contribution in [-0.2, 0) is 21.2 Å². The summed E-state index contributed by atoms with van der Waals surface area (Å²) < 4.78 is 33.3. The summed E-state index contributed by atoms with van der Waals surface area (Å²) in [4.78, 5) is 13.9. The molecule has 1 saturated heterocycles.